The summed E-state index contributed by atoms with van der Waals surface area (Å²) in [5.74, 6) is -0.171. The standard InChI is InChI=1S/C26H28FN3O3/c1-3-32-25(31)13-18-7-4-5-10-24(18)33-16-17-11-21(22(15-30-2)23(29)12-17)20-9-6-8-19(14-28)26(20)27/h4-12,15,29-30H,3,13-14,16,28H2,1-2H3/b22-15-,29-23?. The largest absolute Gasteiger partial charge is 0.489 e. The Morgan fingerprint density at radius 3 is 2.64 bits per heavy atom. The van der Waals surface area contributed by atoms with Crippen molar-refractivity contribution in [2.24, 2.45) is 5.73 Å². The quantitative estimate of drug-likeness (QED) is 0.504. The number of halogens is 1. The number of para-hydroxylation sites is 1. The van der Waals surface area contributed by atoms with Crippen LogP contribution in [-0.2, 0) is 22.5 Å². The Bertz CT molecular complexity index is 1140. The van der Waals surface area contributed by atoms with E-state index in [4.69, 9.17) is 20.6 Å². The molecule has 0 atom stereocenters. The van der Waals surface area contributed by atoms with Crippen molar-refractivity contribution < 1.29 is 18.7 Å². The van der Waals surface area contributed by atoms with E-state index < -0.39 is 5.82 Å². The molecule has 0 radical (unpaired) electrons. The molecule has 2 aromatic carbocycles. The summed E-state index contributed by atoms with van der Waals surface area (Å²) in [5.41, 5.74) is 9.25. The van der Waals surface area contributed by atoms with Crippen LogP contribution >= 0.6 is 0 Å². The van der Waals surface area contributed by atoms with Crippen molar-refractivity contribution in [1.82, 2.24) is 5.32 Å². The van der Waals surface area contributed by atoms with E-state index in [0.29, 0.717) is 45.8 Å². The van der Waals surface area contributed by atoms with Crippen LogP contribution in [0.25, 0.3) is 5.57 Å². The maximum atomic E-state index is 15.1. The Balaban J connectivity index is 1.89. The maximum absolute atomic E-state index is 15.1. The van der Waals surface area contributed by atoms with Crippen LogP contribution in [0.5, 0.6) is 5.75 Å². The molecule has 1 aliphatic rings. The molecule has 3 rings (SSSR count). The van der Waals surface area contributed by atoms with Crippen LogP contribution in [0, 0.1) is 11.2 Å². The van der Waals surface area contributed by atoms with Crippen LogP contribution in [0.1, 0.15) is 23.6 Å². The molecular formula is C26H28FN3O3. The molecule has 2 aromatic rings. The summed E-state index contributed by atoms with van der Waals surface area (Å²) in [6.07, 6.45) is 5.27. The summed E-state index contributed by atoms with van der Waals surface area (Å²) in [7, 11) is 1.73. The van der Waals surface area contributed by atoms with Crippen molar-refractivity contribution >= 4 is 17.3 Å². The lowest BCUT2D eigenvalue weighted by Crippen LogP contribution is -2.15. The highest BCUT2D eigenvalue weighted by Gasteiger charge is 2.21. The number of carbonyl (C=O) groups excluding carboxylic acids is 1. The lowest BCUT2D eigenvalue weighted by molar-refractivity contribution is -0.142. The van der Waals surface area contributed by atoms with Gasteiger partial charge in [0, 0.05) is 42.1 Å². The van der Waals surface area contributed by atoms with Gasteiger partial charge in [-0.25, -0.2) is 4.39 Å². The van der Waals surface area contributed by atoms with E-state index in [2.05, 4.69) is 5.32 Å². The Hall–Kier alpha value is -3.71. The number of esters is 1. The van der Waals surface area contributed by atoms with E-state index in [1.165, 1.54) is 0 Å². The third kappa shape index (κ3) is 5.75. The van der Waals surface area contributed by atoms with Gasteiger partial charge in [0.15, 0.2) is 0 Å². The Kier molecular flexibility index (Phi) is 8.16. The second-order valence-electron chi connectivity index (χ2n) is 7.40. The maximum Gasteiger partial charge on any atom is 0.310 e. The minimum Gasteiger partial charge on any atom is -0.489 e. The molecule has 0 saturated carbocycles. The lowest BCUT2D eigenvalue weighted by atomic mass is 9.87. The molecule has 0 amide bonds. The van der Waals surface area contributed by atoms with Crippen molar-refractivity contribution in [3.63, 3.8) is 0 Å². The molecule has 4 N–H and O–H groups in total. The van der Waals surface area contributed by atoms with Gasteiger partial charge < -0.3 is 25.9 Å². The molecule has 0 spiro atoms. The zero-order valence-electron chi connectivity index (χ0n) is 18.8. The SMILES string of the molecule is CCOC(=O)Cc1ccccc1OCC1=CC(=N)/C(=C\NC)C(c2cccc(CN)c2F)=C1. The van der Waals surface area contributed by atoms with E-state index in [-0.39, 0.29) is 31.3 Å². The third-order valence-electron chi connectivity index (χ3n) is 5.12. The summed E-state index contributed by atoms with van der Waals surface area (Å²) in [5, 5.41) is 11.4. The van der Waals surface area contributed by atoms with Crippen molar-refractivity contribution in [2.45, 2.75) is 19.9 Å². The van der Waals surface area contributed by atoms with E-state index >= 15 is 4.39 Å². The zero-order chi connectivity index (χ0) is 23.8. The molecule has 33 heavy (non-hydrogen) atoms. The highest BCUT2D eigenvalue weighted by atomic mass is 19.1. The lowest BCUT2D eigenvalue weighted by Gasteiger charge is -2.20. The monoisotopic (exact) mass is 449 g/mol. The first-order valence-electron chi connectivity index (χ1n) is 10.7. The predicted molar refractivity (Wildman–Crippen MR) is 127 cm³/mol. The summed E-state index contributed by atoms with van der Waals surface area (Å²) >= 11 is 0. The second kappa shape index (κ2) is 11.2. The van der Waals surface area contributed by atoms with Crippen LogP contribution in [0.4, 0.5) is 4.39 Å². The third-order valence-corrected chi connectivity index (χ3v) is 5.12. The van der Waals surface area contributed by atoms with Gasteiger partial charge in [-0.05, 0) is 36.3 Å². The fraction of sp³-hybridized carbons (Fsp3) is 0.231. The Labute approximate surface area is 193 Å². The Morgan fingerprint density at radius 1 is 1.15 bits per heavy atom. The molecule has 0 heterocycles. The van der Waals surface area contributed by atoms with Crippen LogP contribution < -0.4 is 15.8 Å². The van der Waals surface area contributed by atoms with Gasteiger partial charge in [0.2, 0.25) is 0 Å². The fourth-order valence-electron chi connectivity index (χ4n) is 3.58. The number of rotatable bonds is 9. The van der Waals surface area contributed by atoms with Gasteiger partial charge in [-0.1, -0.05) is 36.4 Å². The molecule has 6 nitrogen and oxygen atoms in total. The normalized spacial score (nSPS) is 14.5. The number of hydrogen-bond acceptors (Lipinski definition) is 6. The van der Waals surface area contributed by atoms with Gasteiger partial charge in [0.05, 0.1) is 18.7 Å². The zero-order valence-corrected chi connectivity index (χ0v) is 18.8. The van der Waals surface area contributed by atoms with Gasteiger partial charge in [-0.3, -0.25) is 4.79 Å². The number of carbonyl (C=O) groups is 1. The topological polar surface area (TPSA) is 97.4 Å². The summed E-state index contributed by atoms with van der Waals surface area (Å²) < 4.78 is 26.1. The summed E-state index contributed by atoms with van der Waals surface area (Å²) in [6.45, 7) is 2.31. The number of nitrogens with two attached hydrogens (primary N) is 1. The smallest absolute Gasteiger partial charge is 0.310 e. The first-order valence-corrected chi connectivity index (χ1v) is 10.7. The van der Waals surface area contributed by atoms with E-state index in [0.717, 1.165) is 0 Å². The molecule has 0 aliphatic heterocycles. The predicted octanol–water partition coefficient (Wildman–Crippen LogP) is 3.92. The van der Waals surface area contributed by atoms with Gasteiger partial charge in [0.1, 0.15) is 18.2 Å². The number of benzene rings is 2. The van der Waals surface area contributed by atoms with E-state index in [9.17, 15) is 4.79 Å². The molecule has 172 valence electrons. The highest BCUT2D eigenvalue weighted by molar-refractivity contribution is 6.19. The molecule has 0 saturated heterocycles. The van der Waals surface area contributed by atoms with Crippen molar-refractivity contribution in [3.8, 4) is 5.75 Å². The number of ether oxygens (including phenoxy) is 2. The molecule has 0 bridgehead atoms. The van der Waals surface area contributed by atoms with Gasteiger partial charge in [-0.15, -0.1) is 0 Å². The number of hydrogen-bond donors (Lipinski definition) is 3. The second-order valence-corrected chi connectivity index (χ2v) is 7.40. The molecule has 1 aliphatic carbocycles. The first kappa shape index (κ1) is 23.9. The molecule has 0 aromatic heterocycles. The summed E-state index contributed by atoms with van der Waals surface area (Å²) in [4.78, 5) is 11.9. The van der Waals surface area contributed by atoms with Crippen LogP contribution in [0.2, 0.25) is 0 Å². The first-order chi connectivity index (χ1) is 16.0. The van der Waals surface area contributed by atoms with E-state index in [1.807, 2.05) is 24.3 Å². The minimum atomic E-state index is -0.400. The van der Waals surface area contributed by atoms with Crippen molar-refractivity contribution in [2.75, 3.05) is 20.3 Å². The minimum absolute atomic E-state index is 0.0819. The van der Waals surface area contributed by atoms with Gasteiger partial charge >= 0.3 is 5.97 Å². The van der Waals surface area contributed by atoms with Gasteiger partial charge in [0.25, 0.3) is 0 Å². The molecule has 0 fully saturated rings. The highest BCUT2D eigenvalue weighted by Crippen LogP contribution is 2.32. The Morgan fingerprint density at radius 2 is 1.91 bits per heavy atom. The number of allylic oxidation sites excluding steroid dienone is 3. The number of nitrogens with one attached hydrogen (secondary N) is 2. The van der Waals surface area contributed by atoms with Crippen LogP contribution in [-0.4, -0.2) is 31.9 Å². The average Bonchev–Trinajstić information content (AvgIpc) is 2.80. The molecular weight excluding hydrogens is 421 g/mol. The van der Waals surface area contributed by atoms with Gasteiger partial charge in [-0.2, -0.15) is 0 Å². The van der Waals surface area contributed by atoms with Crippen LogP contribution in [0.3, 0.4) is 0 Å². The van der Waals surface area contributed by atoms with Crippen molar-refractivity contribution in [3.05, 3.63) is 94.5 Å². The molecule has 7 heteroatoms. The fourth-order valence-corrected chi connectivity index (χ4v) is 3.58. The van der Waals surface area contributed by atoms with E-state index in [1.54, 1.807) is 50.5 Å². The molecule has 0 unspecified atom stereocenters. The van der Waals surface area contributed by atoms with Crippen molar-refractivity contribution in [1.29, 1.82) is 5.41 Å². The van der Waals surface area contributed by atoms with Crippen LogP contribution in [0.15, 0.2) is 72.0 Å². The summed E-state index contributed by atoms with van der Waals surface area (Å²) in [6, 6.07) is 12.3. The average molecular weight is 450 g/mol.